The van der Waals surface area contributed by atoms with Gasteiger partial charge in [-0.2, -0.15) is 0 Å². The lowest BCUT2D eigenvalue weighted by atomic mass is 10.1. The minimum absolute atomic E-state index is 0.0489. The van der Waals surface area contributed by atoms with Gasteiger partial charge in [0.15, 0.2) is 5.75 Å². The van der Waals surface area contributed by atoms with Crippen LogP contribution in [0.4, 0.5) is 5.69 Å². The van der Waals surface area contributed by atoms with E-state index in [0.29, 0.717) is 5.69 Å². The molecule has 7 heteroatoms. The van der Waals surface area contributed by atoms with Crippen LogP contribution in [0.5, 0.6) is 5.75 Å². The van der Waals surface area contributed by atoms with E-state index >= 15 is 0 Å². The Morgan fingerprint density at radius 1 is 1.39 bits per heavy atom. The van der Waals surface area contributed by atoms with Gasteiger partial charge in [0.25, 0.3) is 0 Å². The maximum Gasteiger partial charge on any atom is 0.227 e. The molecule has 1 fully saturated rings. The Morgan fingerprint density at radius 3 is 2.39 bits per heavy atom. The number of phenolic OH excluding ortho intramolecular Hbond substituents is 1. The van der Waals surface area contributed by atoms with Crippen LogP contribution in [-0.2, 0) is 9.59 Å². The first-order chi connectivity index (χ1) is 8.40. The fourth-order valence-electron chi connectivity index (χ4n) is 1.86. The summed E-state index contributed by atoms with van der Waals surface area (Å²) in [7, 11) is 0. The lowest BCUT2D eigenvalue weighted by Gasteiger charge is -2.17. The number of phenols is 1. The predicted molar refractivity (Wildman–Crippen MR) is 67.8 cm³/mol. The molecule has 1 aliphatic rings. The van der Waals surface area contributed by atoms with Crippen LogP contribution in [0.15, 0.2) is 12.1 Å². The summed E-state index contributed by atoms with van der Waals surface area (Å²) < 4.78 is 0. The number of nitrogens with two attached hydrogens (primary N) is 1. The molecule has 0 bridgehead atoms. The number of primary amides is 1. The molecule has 2 amide bonds. The lowest BCUT2D eigenvalue weighted by molar-refractivity contribution is -0.123. The molecule has 1 aromatic rings. The molecule has 0 saturated carbocycles. The fraction of sp³-hybridized carbons (Fsp3) is 0.273. The average molecular weight is 289 g/mol. The number of amides is 2. The highest BCUT2D eigenvalue weighted by Crippen LogP contribution is 2.37. The third-order valence-corrected chi connectivity index (χ3v) is 3.42. The van der Waals surface area contributed by atoms with Gasteiger partial charge in [-0.1, -0.05) is 23.2 Å². The molecule has 1 aromatic carbocycles. The van der Waals surface area contributed by atoms with Crippen LogP contribution in [-0.4, -0.2) is 23.5 Å². The monoisotopic (exact) mass is 288 g/mol. The average Bonchev–Trinajstić information content (AvgIpc) is 2.68. The largest absolute Gasteiger partial charge is 0.505 e. The van der Waals surface area contributed by atoms with Gasteiger partial charge in [-0.25, -0.2) is 0 Å². The quantitative estimate of drug-likeness (QED) is 0.866. The standard InChI is InChI=1S/C11H10Cl2N2O3/c12-7-2-6(3-8(13)10(7)17)15-4-5(11(14)18)1-9(15)16/h2-3,5,17H,1,4H2,(H2,14,18)/t5-/m1/s1. The van der Waals surface area contributed by atoms with E-state index in [1.165, 1.54) is 17.0 Å². The van der Waals surface area contributed by atoms with E-state index in [2.05, 4.69) is 0 Å². The second kappa shape index (κ2) is 4.66. The molecule has 3 N–H and O–H groups in total. The molecule has 0 aliphatic carbocycles. The number of rotatable bonds is 2. The van der Waals surface area contributed by atoms with Crippen molar-refractivity contribution >= 4 is 40.7 Å². The highest BCUT2D eigenvalue weighted by atomic mass is 35.5. The van der Waals surface area contributed by atoms with Gasteiger partial charge in [0.2, 0.25) is 11.8 Å². The zero-order valence-corrected chi connectivity index (χ0v) is 10.7. The first kappa shape index (κ1) is 13.0. The summed E-state index contributed by atoms with van der Waals surface area (Å²) in [4.78, 5) is 24.2. The third-order valence-electron chi connectivity index (χ3n) is 2.84. The van der Waals surface area contributed by atoms with Crippen LogP contribution in [0.25, 0.3) is 0 Å². The Morgan fingerprint density at radius 2 is 1.94 bits per heavy atom. The molecule has 0 unspecified atom stereocenters. The van der Waals surface area contributed by atoms with E-state index in [1.54, 1.807) is 0 Å². The molecular formula is C11H10Cl2N2O3. The molecular weight excluding hydrogens is 279 g/mol. The zero-order chi connectivity index (χ0) is 13.4. The number of benzene rings is 1. The van der Waals surface area contributed by atoms with E-state index in [-0.39, 0.29) is 34.7 Å². The van der Waals surface area contributed by atoms with Crippen molar-refractivity contribution in [2.75, 3.05) is 11.4 Å². The van der Waals surface area contributed by atoms with Gasteiger partial charge in [0.1, 0.15) is 0 Å². The number of anilines is 1. The van der Waals surface area contributed by atoms with Gasteiger partial charge >= 0.3 is 0 Å². The maximum absolute atomic E-state index is 11.8. The summed E-state index contributed by atoms with van der Waals surface area (Å²) in [6.45, 7) is 0.200. The lowest BCUT2D eigenvalue weighted by Crippen LogP contribution is -2.28. The molecule has 96 valence electrons. The van der Waals surface area contributed by atoms with Gasteiger partial charge in [-0.3, -0.25) is 9.59 Å². The Labute approximate surface area is 113 Å². The smallest absolute Gasteiger partial charge is 0.227 e. The molecule has 1 aliphatic heterocycles. The molecule has 2 rings (SSSR count). The van der Waals surface area contributed by atoms with E-state index in [9.17, 15) is 14.7 Å². The molecule has 1 heterocycles. The summed E-state index contributed by atoms with van der Waals surface area (Å²) in [6, 6.07) is 2.84. The van der Waals surface area contributed by atoms with Crippen molar-refractivity contribution in [3.05, 3.63) is 22.2 Å². The van der Waals surface area contributed by atoms with Crippen molar-refractivity contribution in [3.63, 3.8) is 0 Å². The number of carbonyl (C=O) groups is 2. The number of carbonyl (C=O) groups excluding carboxylic acids is 2. The van der Waals surface area contributed by atoms with Crippen molar-refractivity contribution in [3.8, 4) is 5.75 Å². The Balaban J connectivity index is 2.33. The highest BCUT2D eigenvalue weighted by molar-refractivity contribution is 6.37. The van der Waals surface area contributed by atoms with E-state index in [4.69, 9.17) is 28.9 Å². The minimum Gasteiger partial charge on any atom is -0.505 e. The van der Waals surface area contributed by atoms with Crippen LogP contribution in [0, 0.1) is 5.92 Å². The Hall–Kier alpha value is -1.46. The second-order valence-electron chi connectivity index (χ2n) is 4.07. The van der Waals surface area contributed by atoms with Crippen LogP contribution in [0.3, 0.4) is 0 Å². The molecule has 0 radical (unpaired) electrons. The SMILES string of the molecule is NC(=O)[C@@H]1CC(=O)N(c2cc(Cl)c(O)c(Cl)c2)C1. The number of hydrogen-bond acceptors (Lipinski definition) is 3. The molecule has 5 nitrogen and oxygen atoms in total. The molecule has 0 spiro atoms. The van der Waals surface area contributed by atoms with Crippen molar-refractivity contribution in [2.24, 2.45) is 11.7 Å². The first-order valence-corrected chi connectivity index (χ1v) is 5.93. The van der Waals surface area contributed by atoms with Crippen molar-refractivity contribution in [1.82, 2.24) is 0 Å². The fourth-order valence-corrected chi connectivity index (χ4v) is 2.33. The van der Waals surface area contributed by atoms with Gasteiger partial charge in [0.05, 0.1) is 16.0 Å². The molecule has 1 saturated heterocycles. The first-order valence-electron chi connectivity index (χ1n) is 5.18. The number of nitrogens with zero attached hydrogens (tertiary/aromatic N) is 1. The molecule has 1 atom stereocenters. The number of aromatic hydroxyl groups is 1. The van der Waals surface area contributed by atoms with E-state index < -0.39 is 11.8 Å². The van der Waals surface area contributed by atoms with Crippen molar-refractivity contribution < 1.29 is 14.7 Å². The van der Waals surface area contributed by atoms with E-state index in [0.717, 1.165) is 0 Å². The van der Waals surface area contributed by atoms with E-state index in [1.807, 2.05) is 0 Å². The van der Waals surface area contributed by atoms with Gasteiger partial charge in [-0.15, -0.1) is 0 Å². The third kappa shape index (κ3) is 2.23. The highest BCUT2D eigenvalue weighted by Gasteiger charge is 2.34. The number of halogens is 2. The Bertz CT molecular complexity index is 510. The Kier molecular flexibility index (Phi) is 3.36. The van der Waals surface area contributed by atoms with Gasteiger partial charge < -0.3 is 15.7 Å². The van der Waals surface area contributed by atoms with Crippen molar-refractivity contribution in [1.29, 1.82) is 0 Å². The van der Waals surface area contributed by atoms with Gasteiger partial charge in [0, 0.05) is 18.7 Å². The molecule has 18 heavy (non-hydrogen) atoms. The minimum atomic E-state index is -0.512. The summed E-state index contributed by atoms with van der Waals surface area (Å²) in [6.07, 6.45) is 0.0748. The summed E-state index contributed by atoms with van der Waals surface area (Å²) >= 11 is 11.6. The van der Waals surface area contributed by atoms with Gasteiger partial charge in [-0.05, 0) is 12.1 Å². The normalized spacial score (nSPS) is 19.3. The molecule has 0 aromatic heterocycles. The zero-order valence-electron chi connectivity index (χ0n) is 9.19. The summed E-state index contributed by atoms with van der Waals surface area (Å²) in [5.41, 5.74) is 5.62. The van der Waals surface area contributed by atoms with Crippen molar-refractivity contribution in [2.45, 2.75) is 6.42 Å². The maximum atomic E-state index is 11.8. The van der Waals surface area contributed by atoms with Crippen LogP contribution >= 0.6 is 23.2 Å². The van der Waals surface area contributed by atoms with Crippen LogP contribution < -0.4 is 10.6 Å². The predicted octanol–water partition coefficient (Wildman–Crippen LogP) is 1.54. The van der Waals surface area contributed by atoms with Crippen LogP contribution in [0.2, 0.25) is 10.0 Å². The topological polar surface area (TPSA) is 83.6 Å². The second-order valence-corrected chi connectivity index (χ2v) is 4.88. The van der Waals surface area contributed by atoms with Crippen LogP contribution in [0.1, 0.15) is 6.42 Å². The summed E-state index contributed by atoms with van der Waals surface area (Å²) in [5.74, 6) is -1.48. The summed E-state index contributed by atoms with van der Waals surface area (Å²) in [5, 5.41) is 9.54. The number of hydrogen-bond donors (Lipinski definition) is 2.